The van der Waals surface area contributed by atoms with Crippen LogP contribution in [0.15, 0.2) is 35.1 Å². The van der Waals surface area contributed by atoms with Gasteiger partial charge in [-0.05, 0) is 18.6 Å². The van der Waals surface area contributed by atoms with E-state index in [1.54, 1.807) is 6.08 Å². The molecule has 168 valence electrons. The van der Waals surface area contributed by atoms with Crippen LogP contribution in [0, 0.1) is 5.41 Å². The third kappa shape index (κ3) is 4.47. The van der Waals surface area contributed by atoms with Gasteiger partial charge in [-0.2, -0.15) is 0 Å². The summed E-state index contributed by atoms with van der Waals surface area (Å²) >= 11 is 6.87. The minimum atomic E-state index is -0.732. The molecule has 0 bridgehead atoms. The first-order valence-electron chi connectivity index (χ1n) is 9.43. The normalized spacial score (nSPS) is 16.6. The lowest BCUT2D eigenvalue weighted by Gasteiger charge is -2.35. The summed E-state index contributed by atoms with van der Waals surface area (Å²) in [5.74, 6) is -3.48. The molecule has 1 aromatic rings. The van der Waals surface area contributed by atoms with E-state index in [-0.39, 0.29) is 46.0 Å². The number of benzene rings is 1. The maximum absolute atomic E-state index is 13.5. The van der Waals surface area contributed by atoms with Crippen molar-refractivity contribution in [3.63, 3.8) is 0 Å². The Labute approximate surface area is 200 Å². The topological polar surface area (TPSA) is 113 Å². The summed E-state index contributed by atoms with van der Waals surface area (Å²) in [6, 6.07) is 2.46. The van der Waals surface area contributed by atoms with E-state index < -0.39 is 34.9 Å². The minimum absolute atomic E-state index is 0.0283. The standard InChI is InChI=1S/C22H18Br2O8/c1-10(25)30-13-4-14-18(16(5-13)31-11(2)26)21(29)19-15(20(14)28)6-22(8-23,9-24)7-17(19)32-12(3)27/h4-5,7H,6,8-9H2,1-3H3. The highest BCUT2D eigenvalue weighted by atomic mass is 79.9. The number of ketones is 2. The Morgan fingerprint density at radius 3 is 2.03 bits per heavy atom. The van der Waals surface area contributed by atoms with E-state index in [4.69, 9.17) is 14.2 Å². The summed E-state index contributed by atoms with van der Waals surface area (Å²) < 4.78 is 15.6. The third-order valence-corrected chi connectivity index (χ3v) is 7.10. The quantitative estimate of drug-likeness (QED) is 0.298. The molecule has 2 aliphatic rings. The summed E-state index contributed by atoms with van der Waals surface area (Å²) in [5.41, 5.74) is -0.754. The largest absolute Gasteiger partial charge is 0.427 e. The van der Waals surface area contributed by atoms with Gasteiger partial charge in [-0.1, -0.05) is 31.9 Å². The van der Waals surface area contributed by atoms with Crippen molar-refractivity contribution < 1.29 is 38.2 Å². The van der Waals surface area contributed by atoms with Gasteiger partial charge >= 0.3 is 17.9 Å². The Hall–Kier alpha value is -2.59. The lowest BCUT2D eigenvalue weighted by atomic mass is 9.71. The number of Topliss-reactive ketones (excluding diaryl/α,β-unsaturated/α-hetero) is 2. The van der Waals surface area contributed by atoms with Crippen molar-refractivity contribution in [3.8, 4) is 11.5 Å². The zero-order valence-electron chi connectivity index (χ0n) is 17.4. The van der Waals surface area contributed by atoms with Gasteiger partial charge in [0.25, 0.3) is 0 Å². The molecule has 1 aromatic carbocycles. The van der Waals surface area contributed by atoms with Gasteiger partial charge in [-0.25, -0.2) is 0 Å². The molecule has 0 aromatic heterocycles. The SMILES string of the molecule is CC(=O)OC1=CC(CBr)(CBr)CC2=C1C(=O)c1c(OC(C)=O)cc(OC(C)=O)cc1C2=O. The van der Waals surface area contributed by atoms with Gasteiger partial charge in [0.1, 0.15) is 17.3 Å². The summed E-state index contributed by atoms with van der Waals surface area (Å²) in [4.78, 5) is 61.9. The van der Waals surface area contributed by atoms with Crippen LogP contribution < -0.4 is 9.47 Å². The molecule has 3 rings (SSSR count). The summed E-state index contributed by atoms with van der Waals surface area (Å²) in [5, 5.41) is 0.848. The molecule has 0 atom stereocenters. The summed E-state index contributed by atoms with van der Waals surface area (Å²) in [6.45, 7) is 3.50. The molecule has 10 heteroatoms. The molecule has 0 N–H and O–H groups in total. The molecule has 0 spiro atoms. The first kappa shape index (κ1) is 24.1. The van der Waals surface area contributed by atoms with Crippen molar-refractivity contribution in [2.45, 2.75) is 27.2 Å². The molecule has 0 saturated heterocycles. The van der Waals surface area contributed by atoms with Crippen molar-refractivity contribution in [1.82, 2.24) is 0 Å². The molecule has 0 saturated carbocycles. The number of hydrogen-bond acceptors (Lipinski definition) is 8. The maximum Gasteiger partial charge on any atom is 0.308 e. The van der Waals surface area contributed by atoms with E-state index >= 15 is 0 Å². The van der Waals surface area contributed by atoms with Crippen molar-refractivity contribution in [2.24, 2.45) is 5.41 Å². The molecule has 2 aliphatic carbocycles. The van der Waals surface area contributed by atoms with E-state index in [0.717, 1.165) is 6.92 Å². The number of alkyl halides is 2. The van der Waals surface area contributed by atoms with Crippen LogP contribution in [-0.4, -0.2) is 40.1 Å². The van der Waals surface area contributed by atoms with Crippen LogP contribution >= 0.6 is 31.9 Å². The summed E-state index contributed by atoms with van der Waals surface area (Å²) in [7, 11) is 0. The van der Waals surface area contributed by atoms with Gasteiger partial charge in [0, 0.05) is 54.0 Å². The van der Waals surface area contributed by atoms with Crippen LogP contribution in [0.4, 0.5) is 0 Å². The molecule has 8 nitrogen and oxygen atoms in total. The van der Waals surface area contributed by atoms with Crippen molar-refractivity contribution in [2.75, 3.05) is 10.7 Å². The van der Waals surface area contributed by atoms with Crippen LogP contribution in [-0.2, 0) is 19.1 Å². The van der Waals surface area contributed by atoms with E-state index in [9.17, 15) is 24.0 Å². The van der Waals surface area contributed by atoms with Crippen molar-refractivity contribution in [1.29, 1.82) is 0 Å². The number of allylic oxidation sites excluding steroid dienone is 3. The van der Waals surface area contributed by atoms with Gasteiger partial charge in [0.05, 0.1) is 11.1 Å². The second-order valence-electron chi connectivity index (χ2n) is 7.45. The molecule has 0 aliphatic heterocycles. The van der Waals surface area contributed by atoms with E-state index in [1.807, 2.05) is 0 Å². The number of ether oxygens (including phenoxy) is 3. The average molecular weight is 570 g/mol. The van der Waals surface area contributed by atoms with Crippen LogP contribution in [0.2, 0.25) is 0 Å². The fourth-order valence-electron chi connectivity index (χ4n) is 3.63. The Balaban J connectivity index is 2.26. The molecule has 0 unspecified atom stereocenters. The smallest absolute Gasteiger partial charge is 0.308 e. The van der Waals surface area contributed by atoms with Crippen molar-refractivity contribution >= 4 is 61.3 Å². The van der Waals surface area contributed by atoms with Crippen LogP contribution in [0.25, 0.3) is 0 Å². The van der Waals surface area contributed by atoms with Gasteiger partial charge in [0.15, 0.2) is 5.78 Å². The highest BCUT2D eigenvalue weighted by Crippen LogP contribution is 2.47. The van der Waals surface area contributed by atoms with E-state index in [2.05, 4.69) is 31.9 Å². The van der Waals surface area contributed by atoms with E-state index in [1.165, 1.54) is 26.0 Å². The van der Waals surface area contributed by atoms with Gasteiger partial charge in [0.2, 0.25) is 5.78 Å². The lowest BCUT2D eigenvalue weighted by Crippen LogP contribution is -2.35. The molecular weight excluding hydrogens is 552 g/mol. The monoisotopic (exact) mass is 568 g/mol. The molecule has 32 heavy (non-hydrogen) atoms. The lowest BCUT2D eigenvalue weighted by molar-refractivity contribution is -0.136. The Kier molecular flexibility index (Phi) is 6.85. The zero-order chi connectivity index (χ0) is 23.8. The number of fused-ring (bicyclic) bond motifs is 1. The highest BCUT2D eigenvalue weighted by molar-refractivity contribution is 9.09. The van der Waals surface area contributed by atoms with E-state index in [0.29, 0.717) is 10.7 Å². The van der Waals surface area contributed by atoms with Gasteiger partial charge < -0.3 is 14.2 Å². The predicted molar refractivity (Wildman–Crippen MR) is 119 cm³/mol. The molecule has 0 radical (unpaired) electrons. The molecule has 0 heterocycles. The second kappa shape index (κ2) is 9.11. The molecular formula is C22H18Br2O8. The van der Waals surface area contributed by atoms with Gasteiger partial charge in [-0.15, -0.1) is 0 Å². The first-order chi connectivity index (χ1) is 15.0. The highest BCUT2D eigenvalue weighted by Gasteiger charge is 2.45. The fourth-order valence-corrected chi connectivity index (χ4v) is 5.28. The average Bonchev–Trinajstić information content (AvgIpc) is 2.69. The number of rotatable bonds is 5. The van der Waals surface area contributed by atoms with Crippen LogP contribution in [0.3, 0.4) is 0 Å². The Morgan fingerprint density at radius 2 is 1.50 bits per heavy atom. The Bertz CT molecular complexity index is 1120. The third-order valence-electron chi connectivity index (χ3n) is 4.86. The van der Waals surface area contributed by atoms with Crippen molar-refractivity contribution in [3.05, 3.63) is 46.2 Å². The summed E-state index contributed by atoms with van der Waals surface area (Å²) in [6.07, 6.45) is 1.83. The minimum Gasteiger partial charge on any atom is -0.427 e. The molecule has 0 fully saturated rings. The number of hydrogen-bond donors (Lipinski definition) is 0. The number of halogens is 2. The van der Waals surface area contributed by atoms with Crippen LogP contribution in [0.5, 0.6) is 11.5 Å². The second-order valence-corrected chi connectivity index (χ2v) is 8.57. The maximum atomic E-state index is 13.5. The number of carbonyl (C=O) groups excluding carboxylic acids is 5. The molecule has 0 amide bonds. The van der Waals surface area contributed by atoms with Crippen LogP contribution in [0.1, 0.15) is 47.9 Å². The van der Waals surface area contributed by atoms with Gasteiger partial charge in [-0.3, -0.25) is 24.0 Å². The fraction of sp³-hybridized carbons (Fsp3) is 0.318. The first-order valence-corrected chi connectivity index (χ1v) is 11.7. The number of carbonyl (C=O) groups is 5. The zero-order valence-corrected chi connectivity index (χ0v) is 20.5. The number of esters is 3. The Morgan fingerprint density at radius 1 is 0.906 bits per heavy atom. The predicted octanol–water partition coefficient (Wildman–Crippen LogP) is 3.84.